The van der Waals surface area contributed by atoms with Gasteiger partial charge in [0.2, 0.25) is 11.6 Å². The van der Waals surface area contributed by atoms with Crippen molar-refractivity contribution in [3.05, 3.63) is 45.0 Å². The molecule has 49 heavy (non-hydrogen) atoms. The summed E-state index contributed by atoms with van der Waals surface area (Å²) < 4.78 is 41.8. The minimum absolute atomic E-state index is 0.0517. The van der Waals surface area contributed by atoms with E-state index in [1.54, 1.807) is 0 Å². The Bertz CT molecular complexity index is 1690. The van der Waals surface area contributed by atoms with E-state index in [9.17, 15) is 5.11 Å². The number of nitrogens with zero attached hydrogens (tertiary/aromatic N) is 2. The van der Waals surface area contributed by atoms with Gasteiger partial charge in [0.25, 0.3) is 5.88 Å². The first-order valence-electron chi connectivity index (χ1n) is 17.8. The maximum atomic E-state index is 16.4. The van der Waals surface area contributed by atoms with Crippen molar-refractivity contribution in [1.82, 2.24) is 15.4 Å². The molecule has 0 radical (unpaired) electrons. The molecule has 0 amide bonds. The second kappa shape index (κ2) is 12.9. The van der Waals surface area contributed by atoms with Crippen LogP contribution >= 0.6 is 0 Å². The van der Waals surface area contributed by atoms with Gasteiger partial charge in [0.15, 0.2) is 19.7 Å². The van der Waals surface area contributed by atoms with E-state index < -0.39 is 43.4 Å². The zero-order chi connectivity index (χ0) is 35.6. The van der Waals surface area contributed by atoms with E-state index in [0.717, 1.165) is 25.7 Å². The van der Waals surface area contributed by atoms with Crippen molar-refractivity contribution in [3.63, 3.8) is 0 Å². The zero-order valence-electron chi connectivity index (χ0n) is 30.5. The maximum absolute atomic E-state index is 16.4. The Morgan fingerprint density at radius 3 is 2.31 bits per heavy atom. The molecule has 6 rings (SSSR count). The Hall–Kier alpha value is -3.06. The minimum Gasteiger partial charge on any atom is -0.507 e. The monoisotopic (exact) mass is 697 g/mol. The first kappa shape index (κ1) is 35.8. The summed E-state index contributed by atoms with van der Waals surface area (Å²) in [4.78, 5) is 32.7. The van der Waals surface area contributed by atoms with Gasteiger partial charge in [-0.1, -0.05) is 47.5 Å². The Balaban J connectivity index is 1.60. The molecule has 1 aromatic carbocycles. The molecular formula is C37H52FN3O7Si. The van der Waals surface area contributed by atoms with E-state index in [2.05, 4.69) is 38.2 Å². The molecule has 2 heterocycles. The van der Waals surface area contributed by atoms with Gasteiger partial charge in [0.1, 0.15) is 22.9 Å². The summed E-state index contributed by atoms with van der Waals surface area (Å²) in [5, 5.41) is 19.3. The lowest BCUT2D eigenvalue weighted by molar-refractivity contribution is -0.140. The molecule has 1 aliphatic heterocycles. The topological polar surface area (TPSA) is 123 Å². The van der Waals surface area contributed by atoms with E-state index in [4.69, 9.17) is 18.4 Å². The molecule has 12 heteroatoms. The second-order valence-corrected chi connectivity index (χ2v) is 20.6. The highest BCUT2D eigenvalue weighted by atomic mass is 28.4. The van der Waals surface area contributed by atoms with Gasteiger partial charge in [0.05, 0.1) is 24.8 Å². The summed E-state index contributed by atoms with van der Waals surface area (Å²) in [5.74, 6) is -2.30. The molecule has 2 aromatic rings. The number of aliphatic hydroxyl groups excluding tert-OH is 1. The SMILES string of the molecule is CCCCOc1noc2c1C(=O)[C@@]1(O[Si](C)(C)C(C)(C)C)C(=O)C3=C(O)c4c(c(F)c5c(c4OCCCC)CNC5)C[C@H]3C[C@H]1[C@@H]2N(C)C. The number of carbonyl (C=O) groups excluding carboxylic acids is 2. The molecule has 1 aromatic heterocycles. The van der Waals surface area contributed by atoms with E-state index in [1.807, 2.05) is 39.0 Å². The quantitative estimate of drug-likeness (QED) is 0.143. The van der Waals surface area contributed by atoms with E-state index in [1.165, 1.54) is 0 Å². The predicted molar refractivity (Wildman–Crippen MR) is 186 cm³/mol. The molecule has 0 unspecified atom stereocenters. The fourth-order valence-corrected chi connectivity index (χ4v) is 9.33. The highest BCUT2D eigenvalue weighted by Gasteiger charge is 2.69. The highest BCUT2D eigenvalue weighted by Crippen LogP contribution is 2.59. The molecule has 3 aliphatic carbocycles. The lowest BCUT2D eigenvalue weighted by Gasteiger charge is -2.55. The van der Waals surface area contributed by atoms with Crippen molar-refractivity contribution in [2.45, 2.75) is 116 Å². The van der Waals surface area contributed by atoms with Crippen molar-refractivity contribution in [1.29, 1.82) is 0 Å². The number of Topliss-reactive ketones (excluding diaryl/α,β-unsaturated/α-hetero) is 2. The third-order valence-electron chi connectivity index (χ3n) is 11.5. The number of hydrogen-bond acceptors (Lipinski definition) is 10. The van der Waals surface area contributed by atoms with Crippen molar-refractivity contribution in [2.24, 2.45) is 11.8 Å². The van der Waals surface area contributed by atoms with Crippen LogP contribution in [-0.2, 0) is 28.7 Å². The lowest BCUT2D eigenvalue weighted by Crippen LogP contribution is -2.68. The number of fused-ring (bicyclic) bond motifs is 5. The van der Waals surface area contributed by atoms with Crippen LogP contribution in [0.1, 0.15) is 111 Å². The number of unbranched alkanes of at least 4 members (excludes halogenated alkanes) is 2. The lowest BCUT2D eigenvalue weighted by atomic mass is 9.57. The second-order valence-electron chi connectivity index (χ2n) is 15.9. The molecule has 268 valence electrons. The fraction of sp³-hybridized carbons (Fsp3) is 0.649. The number of aliphatic hydroxyl groups is 1. The number of halogens is 1. The van der Waals surface area contributed by atoms with E-state index >= 15 is 14.0 Å². The van der Waals surface area contributed by atoms with Crippen LogP contribution in [0.2, 0.25) is 18.1 Å². The van der Waals surface area contributed by atoms with Crippen LogP contribution in [0.25, 0.3) is 5.76 Å². The summed E-state index contributed by atoms with van der Waals surface area (Å²) in [6.07, 6.45) is 3.77. The number of carbonyl (C=O) groups is 2. The minimum atomic E-state index is -2.86. The summed E-state index contributed by atoms with van der Waals surface area (Å²) in [5.41, 5.74) is 0.00524. The number of aromatic nitrogens is 1. The number of nitrogens with one attached hydrogen (secondary N) is 1. The van der Waals surface area contributed by atoms with Crippen LogP contribution in [-0.4, -0.2) is 68.0 Å². The molecule has 0 spiro atoms. The van der Waals surface area contributed by atoms with Crippen molar-refractivity contribution in [2.75, 3.05) is 27.3 Å². The standard InChI is InChI=1S/C37H52FN3O7Si/c1-10-12-14-45-31-23-19-39-18-22(23)28(38)21-16-20-17-24-29(41(6)7)32-27(35(40-47-32)46-15-13-11-2)34(44)37(24,48-49(8,9)36(3,4)5)33(43)25(20)30(42)26(21)31/h20,24,29,39,42H,10-19H2,1-9H3/t20-,24-,29-,37-/m0/s1. The Labute approximate surface area is 289 Å². The van der Waals surface area contributed by atoms with Crippen LogP contribution in [0.5, 0.6) is 11.6 Å². The van der Waals surface area contributed by atoms with Gasteiger partial charge in [0, 0.05) is 41.3 Å². The van der Waals surface area contributed by atoms with Crippen LogP contribution < -0.4 is 14.8 Å². The summed E-state index contributed by atoms with van der Waals surface area (Å²) in [7, 11) is 0.889. The third-order valence-corrected chi connectivity index (χ3v) is 15.9. The maximum Gasteiger partial charge on any atom is 0.265 e. The average molecular weight is 698 g/mol. The van der Waals surface area contributed by atoms with Crippen molar-refractivity contribution in [3.8, 4) is 11.6 Å². The summed E-state index contributed by atoms with van der Waals surface area (Å²) in [6, 6.07) is -0.579. The summed E-state index contributed by atoms with van der Waals surface area (Å²) in [6.45, 7) is 15.8. The first-order valence-corrected chi connectivity index (χ1v) is 20.7. The predicted octanol–water partition coefficient (Wildman–Crippen LogP) is 7.06. The normalized spacial score (nSPS) is 24.8. The van der Waals surface area contributed by atoms with E-state index in [0.29, 0.717) is 54.5 Å². The molecule has 10 nitrogen and oxygen atoms in total. The molecule has 4 atom stereocenters. The third kappa shape index (κ3) is 5.48. The van der Waals surface area contributed by atoms with Gasteiger partial charge in [-0.05, 0) is 69.0 Å². The molecule has 1 saturated carbocycles. The van der Waals surface area contributed by atoms with E-state index in [-0.39, 0.29) is 52.0 Å². The van der Waals surface area contributed by atoms with Crippen LogP contribution in [0, 0.1) is 17.7 Å². The van der Waals surface area contributed by atoms with Gasteiger partial charge >= 0.3 is 0 Å². The highest BCUT2D eigenvalue weighted by molar-refractivity contribution is 6.74. The first-order chi connectivity index (χ1) is 23.1. The molecule has 1 fully saturated rings. The molecule has 0 saturated heterocycles. The summed E-state index contributed by atoms with van der Waals surface area (Å²) >= 11 is 0. The van der Waals surface area contributed by atoms with Gasteiger partial charge < -0.3 is 28.8 Å². The molecule has 2 N–H and O–H groups in total. The molecular weight excluding hydrogens is 646 g/mol. The van der Waals surface area contributed by atoms with Gasteiger partial charge in [-0.15, -0.1) is 0 Å². The smallest absolute Gasteiger partial charge is 0.265 e. The molecule has 4 aliphatic rings. The molecule has 0 bridgehead atoms. The van der Waals surface area contributed by atoms with Gasteiger partial charge in [-0.25, -0.2) is 4.39 Å². The van der Waals surface area contributed by atoms with Crippen LogP contribution in [0.4, 0.5) is 4.39 Å². The van der Waals surface area contributed by atoms with Crippen molar-refractivity contribution >= 4 is 25.6 Å². The number of hydrogen-bond donors (Lipinski definition) is 2. The Kier molecular flexibility index (Phi) is 9.43. The zero-order valence-corrected chi connectivity index (χ0v) is 31.5. The van der Waals surface area contributed by atoms with Crippen LogP contribution in [0.3, 0.4) is 0 Å². The Morgan fingerprint density at radius 1 is 1.02 bits per heavy atom. The van der Waals surface area contributed by atoms with Crippen LogP contribution in [0.15, 0.2) is 10.1 Å². The Morgan fingerprint density at radius 2 is 1.67 bits per heavy atom. The van der Waals surface area contributed by atoms with Crippen molar-refractivity contribution < 1.29 is 37.5 Å². The number of rotatable bonds is 11. The number of ether oxygens (including phenoxy) is 2. The number of ketones is 2. The van der Waals surface area contributed by atoms with Gasteiger partial charge in [-0.2, -0.15) is 0 Å². The fourth-order valence-electron chi connectivity index (χ4n) is 7.88. The average Bonchev–Trinajstić information content (AvgIpc) is 3.68. The largest absolute Gasteiger partial charge is 0.507 e. The number of benzene rings is 1. The van der Waals surface area contributed by atoms with Gasteiger partial charge in [-0.3, -0.25) is 14.5 Å².